The highest BCUT2D eigenvalue weighted by atomic mass is 35.5. The number of piperazine rings is 1. The van der Waals surface area contributed by atoms with Crippen LogP contribution in [0.15, 0.2) is 48.5 Å². The summed E-state index contributed by atoms with van der Waals surface area (Å²) in [5.41, 5.74) is 3.46. The Morgan fingerprint density at radius 1 is 1.14 bits per heavy atom. The Morgan fingerprint density at radius 3 is 2.69 bits per heavy atom. The van der Waals surface area contributed by atoms with Crippen LogP contribution in [0, 0.1) is 12.7 Å². The molecule has 0 bridgehead atoms. The van der Waals surface area contributed by atoms with Crippen molar-refractivity contribution in [1.29, 1.82) is 0 Å². The number of halogens is 2. The minimum absolute atomic E-state index is 0.100. The highest BCUT2D eigenvalue weighted by molar-refractivity contribution is 7.20. The van der Waals surface area contributed by atoms with E-state index in [9.17, 15) is 9.18 Å². The molecule has 6 nitrogen and oxygen atoms in total. The zero-order chi connectivity index (χ0) is 25.2. The number of anilines is 1. The van der Waals surface area contributed by atoms with Crippen molar-refractivity contribution in [3.8, 4) is 11.3 Å². The number of hydrogen-bond donors (Lipinski definition) is 1. The van der Waals surface area contributed by atoms with E-state index in [1.54, 1.807) is 22.9 Å². The third kappa shape index (κ3) is 5.12. The van der Waals surface area contributed by atoms with Gasteiger partial charge in [-0.15, -0.1) is 11.3 Å². The second-order valence-corrected chi connectivity index (χ2v) is 10.6. The lowest BCUT2D eigenvalue weighted by Gasteiger charge is -2.37. The molecule has 0 spiro atoms. The van der Waals surface area contributed by atoms with Gasteiger partial charge < -0.3 is 10.2 Å². The number of aromatic nitrogens is 2. The summed E-state index contributed by atoms with van der Waals surface area (Å²) >= 11 is 7.58. The molecule has 0 atom stereocenters. The van der Waals surface area contributed by atoms with Crippen molar-refractivity contribution in [3.63, 3.8) is 0 Å². The summed E-state index contributed by atoms with van der Waals surface area (Å²) in [4.78, 5) is 19.1. The fourth-order valence-corrected chi connectivity index (χ4v) is 5.89. The molecule has 1 fully saturated rings. The molecule has 36 heavy (non-hydrogen) atoms. The third-order valence-electron chi connectivity index (χ3n) is 6.69. The molecule has 0 saturated carbocycles. The molecule has 188 valence electrons. The molecule has 4 aromatic rings. The van der Waals surface area contributed by atoms with Crippen LogP contribution in [0.25, 0.3) is 21.5 Å². The zero-order valence-corrected chi connectivity index (χ0v) is 22.0. The lowest BCUT2D eigenvalue weighted by Crippen LogP contribution is -2.47. The normalized spacial score (nSPS) is 14.5. The van der Waals surface area contributed by atoms with E-state index in [0.29, 0.717) is 22.7 Å². The van der Waals surface area contributed by atoms with Crippen LogP contribution in [-0.2, 0) is 7.05 Å². The minimum atomic E-state index is -0.321. The van der Waals surface area contributed by atoms with Crippen molar-refractivity contribution < 1.29 is 9.18 Å². The van der Waals surface area contributed by atoms with Gasteiger partial charge in [-0.05, 0) is 55.8 Å². The van der Waals surface area contributed by atoms with E-state index < -0.39 is 0 Å². The summed E-state index contributed by atoms with van der Waals surface area (Å²) in [5.74, 6) is -0.421. The molecule has 0 aliphatic carbocycles. The average molecular weight is 526 g/mol. The van der Waals surface area contributed by atoms with Crippen molar-refractivity contribution >= 4 is 44.7 Å². The van der Waals surface area contributed by atoms with Crippen molar-refractivity contribution in [3.05, 3.63) is 69.8 Å². The van der Waals surface area contributed by atoms with Crippen LogP contribution in [0.2, 0.25) is 5.02 Å². The number of carbonyl (C=O) groups is 1. The van der Waals surface area contributed by atoms with E-state index in [1.807, 2.05) is 25.2 Å². The number of rotatable bonds is 7. The van der Waals surface area contributed by atoms with Gasteiger partial charge in [0.15, 0.2) is 0 Å². The highest BCUT2D eigenvalue weighted by Crippen LogP contribution is 2.34. The van der Waals surface area contributed by atoms with Gasteiger partial charge >= 0.3 is 0 Å². The van der Waals surface area contributed by atoms with Gasteiger partial charge in [0.25, 0.3) is 5.91 Å². The predicted molar refractivity (Wildman–Crippen MR) is 146 cm³/mol. The second-order valence-electron chi connectivity index (χ2n) is 9.15. The van der Waals surface area contributed by atoms with Gasteiger partial charge in [0.2, 0.25) is 0 Å². The summed E-state index contributed by atoms with van der Waals surface area (Å²) in [6.45, 7) is 7.58. The number of benzene rings is 2. The lowest BCUT2D eigenvalue weighted by atomic mass is 10.1. The van der Waals surface area contributed by atoms with E-state index in [4.69, 9.17) is 11.6 Å². The van der Waals surface area contributed by atoms with E-state index in [1.165, 1.54) is 28.7 Å². The van der Waals surface area contributed by atoms with Crippen molar-refractivity contribution in [2.45, 2.75) is 13.3 Å². The van der Waals surface area contributed by atoms with Gasteiger partial charge in [-0.3, -0.25) is 14.4 Å². The number of amides is 1. The van der Waals surface area contributed by atoms with E-state index in [0.717, 1.165) is 54.4 Å². The van der Waals surface area contributed by atoms with Crippen LogP contribution in [0.4, 0.5) is 10.1 Å². The monoisotopic (exact) mass is 525 g/mol. The molecule has 1 N–H and O–H groups in total. The van der Waals surface area contributed by atoms with Crippen LogP contribution in [0.5, 0.6) is 0 Å². The summed E-state index contributed by atoms with van der Waals surface area (Å²) in [5, 5.41) is 9.09. The Bertz CT molecular complexity index is 1390. The standard InChI is InChI=1S/C27H29ClFN5OS/c1-18-8-9-19(28)16-23(18)34-14-12-33(13-15-34)11-5-10-30-26(35)24-17-21-25(31-32(2)27(21)36-24)20-6-3-4-7-22(20)29/h3-4,6-9,16-17H,5,10-15H2,1-2H3,(H,30,35). The van der Waals surface area contributed by atoms with Gasteiger partial charge in [0.1, 0.15) is 16.3 Å². The first kappa shape index (κ1) is 24.7. The maximum Gasteiger partial charge on any atom is 0.261 e. The van der Waals surface area contributed by atoms with Crippen LogP contribution >= 0.6 is 22.9 Å². The number of nitrogens with zero attached hydrogens (tertiary/aromatic N) is 4. The molecule has 2 aromatic carbocycles. The van der Waals surface area contributed by atoms with Gasteiger partial charge in [-0.1, -0.05) is 29.8 Å². The second kappa shape index (κ2) is 10.6. The number of hydrogen-bond acceptors (Lipinski definition) is 5. The maximum atomic E-state index is 14.3. The number of thiophene rings is 1. The van der Waals surface area contributed by atoms with Gasteiger partial charge in [0.05, 0.1) is 4.88 Å². The van der Waals surface area contributed by atoms with Crippen LogP contribution in [0.3, 0.4) is 0 Å². The Balaban J connectivity index is 1.13. The SMILES string of the molecule is Cc1ccc(Cl)cc1N1CCN(CCCNC(=O)c2cc3c(-c4ccccc4F)nn(C)c3s2)CC1. The summed E-state index contributed by atoms with van der Waals surface area (Å²) in [6, 6.07) is 14.5. The smallest absolute Gasteiger partial charge is 0.261 e. The summed E-state index contributed by atoms with van der Waals surface area (Å²) in [7, 11) is 1.82. The molecule has 0 radical (unpaired) electrons. The van der Waals surface area contributed by atoms with Gasteiger partial charge in [-0.25, -0.2) is 4.39 Å². The molecule has 1 aliphatic rings. The first-order valence-electron chi connectivity index (χ1n) is 12.1. The van der Waals surface area contributed by atoms with Crippen molar-refractivity contribution in [2.75, 3.05) is 44.2 Å². The molecule has 0 unspecified atom stereocenters. The van der Waals surface area contributed by atoms with Gasteiger partial charge in [-0.2, -0.15) is 5.10 Å². The fraction of sp³-hybridized carbons (Fsp3) is 0.333. The Labute approximate surface area is 219 Å². The van der Waals surface area contributed by atoms with Crippen molar-refractivity contribution in [2.24, 2.45) is 7.05 Å². The average Bonchev–Trinajstić information content (AvgIpc) is 3.45. The third-order valence-corrected chi connectivity index (χ3v) is 8.12. The molecule has 1 amide bonds. The number of fused-ring (bicyclic) bond motifs is 1. The Kier molecular flexibility index (Phi) is 7.27. The Hall–Kier alpha value is -2.94. The molecule has 9 heteroatoms. The van der Waals surface area contributed by atoms with E-state index >= 15 is 0 Å². The topological polar surface area (TPSA) is 53.4 Å². The first-order valence-corrected chi connectivity index (χ1v) is 13.3. The van der Waals surface area contributed by atoms with E-state index in [-0.39, 0.29) is 11.7 Å². The molecular formula is C27H29ClFN5OS. The number of carbonyl (C=O) groups excluding carboxylic acids is 1. The molecular weight excluding hydrogens is 497 g/mol. The van der Waals surface area contributed by atoms with Crippen molar-refractivity contribution in [1.82, 2.24) is 20.0 Å². The highest BCUT2D eigenvalue weighted by Gasteiger charge is 2.21. The van der Waals surface area contributed by atoms with Gasteiger partial charge in [0, 0.05) is 61.4 Å². The molecule has 2 aromatic heterocycles. The lowest BCUT2D eigenvalue weighted by molar-refractivity contribution is 0.0955. The van der Waals surface area contributed by atoms with Crippen LogP contribution in [0.1, 0.15) is 21.7 Å². The molecule has 5 rings (SSSR count). The molecule has 3 heterocycles. The minimum Gasteiger partial charge on any atom is -0.369 e. The van der Waals surface area contributed by atoms with E-state index in [2.05, 4.69) is 33.2 Å². The Morgan fingerprint density at radius 2 is 1.92 bits per heavy atom. The quantitative estimate of drug-likeness (QED) is 0.331. The largest absolute Gasteiger partial charge is 0.369 e. The zero-order valence-electron chi connectivity index (χ0n) is 20.4. The molecule has 1 aliphatic heterocycles. The summed E-state index contributed by atoms with van der Waals surface area (Å²) < 4.78 is 16.1. The first-order chi connectivity index (χ1) is 17.4. The molecule has 1 saturated heterocycles. The fourth-order valence-electron chi connectivity index (χ4n) is 4.73. The number of aryl methyl sites for hydroxylation is 2. The van der Waals surface area contributed by atoms with Crippen LogP contribution < -0.4 is 10.2 Å². The number of nitrogens with one attached hydrogen (secondary N) is 1. The predicted octanol–water partition coefficient (Wildman–Crippen LogP) is 5.34. The maximum absolute atomic E-state index is 14.3. The van der Waals surface area contributed by atoms with Crippen LogP contribution in [-0.4, -0.2) is 59.9 Å². The summed E-state index contributed by atoms with van der Waals surface area (Å²) in [6.07, 6.45) is 0.884.